The quantitative estimate of drug-likeness (QED) is 0.0212. The van der Waals surface area contributed by atoms with E-state index in [-0.39, 0.29) is 24.9 Å². The highest BCUT2D eigenvalue weighted by molar-refractivity contribution is 7.45. The first-order valence-electron chi connectivity index (χ1n) is 29.8. The lowest BCUT2D eigenvalue weighted by molar-refractivity contribution is -0.870. The maximum atomic E-state index is 13.5. The number of esters is 1. The summed E-state index contributed by atoms with van der Waals surface area (Å²) in [5.74, 6) is -0.554. The second-order valence-electron chi connectivity index (χ2n) is 21.5. The summed E-state index contributed by atoms with van der Waals surface area (Å²) in [5, 5.41) is 3.01. The first kappa shape index (κ1) is 68.2. The Morgan fingerprint density at radius 3 is 1.23 bits per heavy atom. The molecule has 0 aromatic rings. The Bertz CT molecular complexity index is 1300. The maximum absolute atomic E-state index is 13.5. The highest BCUT2D eigenvalue weighted by atomic mass is 31.2. The van der Waals surface area contributed by atoms with Gasteiger partial charge in [-0.1, -0.05) is 225 Å². The summed E-state index contributed by atoms with van der Waals surface area (Å²) >= 11 is 0. The molecule has 0 radical (unpaired) electrons. The first-order chi connectivity index (χ1) is 33.9. The summed E-state index contributed by atoms with van der Waals surface area (Å²) in [6, 6.07) is -0.893. The van der Waals surface area contributed by atoms with Crippen molar-refractivity contribution >= 4 is 19.7 Å². The number of likely N-dealkylation sites (N-methyl/N-ethyl adjacent to an activating group) is 1. The number of nitrogens with zero attached hydrogens (tertiary/aromatic N) is 1. The van der Waals surface area contributed by atoms with Crippen molar-refractivity contribution in [2.24, 2.45) is 0 Å². The average Bonchev–Trinajstić information content (AvgIpc) is 3.32. The molecule has 1 amide bonds. The van der Waals surface area contributed by atoms with Crippen LogP contribution in [-0.2, 0) is 27.9 Å². The van der Waals surface area contributed by atoms with E-state index in [1.165, 1.54) is 180 Å². The Hall–Kier alpha value is -1.77. The third-order valence-electron chi connectivity index (χ3n) is 13.3. The molecule has 1 N–H and O–H groups in total. The predicted molar refractivity (Wildman–Crippen MR) is 298 cm³/mol. The summed E-state index contributed by atoms with van der Waals surface area (Å²) in [4.78, 5) is 39.8. The zero-order valence-corrected chi connectivity index (χ0v) is 47.9. The molecule has 412 valence electrons. The summed E-state index contributed by atoms with van der Waals surface area (Å²) in [5.41, 5.74) is 0. The van der Waals surface area contributed by atoms with Crippen LogP contribution in [0.4, 0.5) is 0 Å². The van der Waals surface area contributed by atoms with E-state index in [0.717, 1.165) is 70.6 Å². The van der Waals surface area contributed by atoms with Crippen LogP contribution in [0, 0.1) is 0 Å². The minimum Gasteiger partial charge on any atom is -0.756 e. The maximum Gasteiger partial charge on any atom is 0.306 e. The van der Waals surface area contributed by atoms with E-state index in [4.69, 9.17) is 13.8 Å². The number of amides is 1. The molecule has 0 aliphatic heterocycles. The molecule has 9 nitrogen and oxygen atoms in total. The van der Waals surface area contributed by atoms with Crippen LogP contribution in [-0.4, -0.2) is 69.4 Å². The number of carbonyl (C=O) groups is 2. The number of phosphoric acid groups is 1. The van der Waals surface area contributed by atoms with E-state index in [2.05, 4.69) is 50.4 Å². The van der Waals surface area contributed by atoms with E-state index in [1.54, 1.807) is 0 Å². The lowest BCUT2D eigenvalue weighted by Crippen LogP contribution is -2.47. The third-order valence-corrected chi connectivity index (χ3v) is 14.3. The smallest absolute Gasteiger partial charge is 0.306 e. The van der Waals surface area contributed by atoms with Gasteiger partial charge in [0.2, 0.25) is 5.91 Å². The van der Waals surface area contributed by atoms with Crippen LogP contribution >= 0.6 is 7.82 Å². The van der Waals surface area contributed by atoms with E-state index in [9.17, 15) is 19.0 Å². The molecular formula is C60H115N2O7P. The van der Waals surface area contributed by atoms with Gasteiger partial charge in [0, 0.05) is 12.8 Å². The van der Waals surface area contributed by atoms with Crippen molar-refractivity contribution in [3.63, 3.8) is 0 Å². The number of hydrogen-bond acceptors (Lipinski definition) is 7. The molecule has 10 heteroatoms. The van der Waals surface area contributed by atoms with Crippen LogP contribution in [0.3, 0.4) is 0 Å². The minimum atomic E-state index is -4.69. The van der Waals surface area contributed by atoms with Gasteiger partial charge in [-0.3, -0.25) is 14.2 Å². The van der Waals surface area contributed by atoms with Gasteiger partial charge in [-0.25, -0.2) is 0 Å². The fraction of sp³-hybridized carbons (Fsp3) is 0.867. The zero-order chi connectivity index (χ0) is 51.5. The molecule has 0 aliphatic rings. The minimum absolute atomic E-state index is 0.0238. The lowest BCUT2D eigenvalue weighted by atomic mass is 10.0. The van der Waals surface area contributed by atoms with Crippen LogP contribution in [0.5, 0.6) is 0 Å². The molecule has 0 fully saturated rings. The molecule has 0 heterocycles. The number of phosphoric ester groups is 1. The molecule has 3 unspecified atom stereocenters. The van der Waals surface area contributed by atoms with E-state index < -0.39 is 26.6 Å². The summed E-state index contributed by atoms with van der Waals surface area (Å²) in [7, 11) is 1.18. The van der Waals surface area contributed by atoms with Gasteiger partial charge < -0.3 is 28.5 Å². The van der Waals surface area contributed by atoms with Crippen molar-refractivity contribution in [1.29, 1.82) is 0 Å². The van der Waals surface area contributed by atoms with Crippen molar-refractivity contribution in [1.82, 2.24) is 5.32 Å². The molecule has 3 atom stereocenters. The normalized spacial score (nSPS) is 14.0. The van der Waals surface area contributed by atoms with Crippen molar-refractivity contribution in [3.05, 3.63) is 36.5 Å². The van der Waals surface area contributed by atoms with Gasteiger partial charge >= 0.3 is 5.97 Å². The van der Waals surface area contributed by atoms with Crippen molar-refractivity contribution in [3.8, 4) is 0 Å². The number of carbonyl (C=O) groups excluding carboxylic acids is 2. The highest BCUT2D eigenvalue weighted by Crippen LogP contribution is 2.38. The molecule has 0 saturated heterocycles. The van der Waals surface area contributed by atoms with Gasteiger partial charge in [0.25, 0.3) is 7.82 Å². The van der Waals surface area contributed by atoms with Gasteiger partial charge in [0.1, 0.15) is 19.3 Å². The van der Waals surface area contributed by atoms with Crippen LogP contribution in [0.15, 0.2) is 36.5 Å². The Balaban J connectivity index is 5.28. The first-order valence-corrected chi connectivity index (χ1v) is 31.3. The highest BCUT2D eigenvalue weighted by Gasteiger charge is 2.27. The SMILES string of the molecule is CCCCCCCC/C=C\CCCCCC(=O)NC(COP(=O)([O-])OCC[N+](C)(C)C)C(/C=C\CCCCCCCCCCCC)OC(=O)CCCCCCCCCCC/C=C/CCCCCCCC. The van der Waals surface area contributed by atoms with Crippen LogP contribution < -0.4 is 10.2 Å². The van der Waals surface area contributed by atoms with Crippen molar-refractivity contribution in [2.45, 2.75) is 296 Å². The summed E-state index contributed by atoms with van der Waals surface area (Å²) < 4.78 is 30.2. The molecule has 0 spiro atoms. The molecule has 0 saturated carbocycles. The molecule has 0 aliphatic carbocycles. The standard InChI is InChI=1S/C60H115N2O7P/c1-7-10-13-16-19-22-25-28-29-30-31-32-33-35-38-41-44-47-50-53-60(64)69-58(51-48-45-42-39-36-27-24-21-18-15-12-9-3)57(56-68-70(65,66)67-55-54-62(4,5)6)61-59(63)52-49-46-43-40-37-34-26-23-20-17-14-11-8-2/h28-29,34,37,48,51,57-58H,7-27,30-33,35-36,38-47,49-50,52-56H2,1-6H3,(H-,61,63,65,66)/b29-28+,37-34-,51-48-. The number of hydrogen-bond donors (Lipinski definition) is 1. The van der Waals surface area contributed by atoms with Crippen LogP contribution in [0.1, 0.15) is 284 Å². The number of rotatable bonds is 54. The number of ether oxygens (including phenoxy) is 1. The van der Waals surface area contributed by atoms with Gasteiger partial charge in [-0.05, 0) is 83.1 Å². The Labute approximate surface area is 434 Å². The fourth-order valence-electron chi connectivity index (χ4n) is 8.63. The molecule has 0 aromatic heterocycles. The van der Waals surface area contributed by atoms with Gasteiger partial charge in [-0.15, -0.1) is 0 Å². The van der Waals surface area contributed by atoms with Crippen molar-refractivity contribution in [2.75, 3.05) is 40.9 Å². The number of nitrogens with one attached hydrogen (secondary N) is 1. The third kappa shape index (κ3) is 51.1. The van der Waals surface area contributed by atoms with Crippen LogP contribution in [0.2, 0.25) is 0 Å². The molecule has 0 aromatic carbocycles. The number of unbranched alkanes of at least 4 members (excludes halogenated alkanes) is 34. The molecule has 0 rings (SSSR count). The fourth-order valence-corrected chi connectivity index (χ4v) is 9.35. The number of allylic oxidation sites excluding steroid dienone is 5. The largest absolute Gasteiger partial charge is 0.756 e. The second-order valence-corrected chi connectivity index (χ2v) is 22.9. The monoisotopic (exact) mass is 1010 g/mol. The van der Waals surface area contributed by atoms with E-state index in [1.807, 2.05) is 33.3 Å². The second kappa shape index (κ2) is 50.7. The zero-order valence-electron chi connectivity index (χ0n) is 47.0. The summed E-state index contributed by atoms with van der Waals surface area (Å²) in [6.07, 6.45) is 59.6. The molecule has 70 heavy (non-hydrogen) atoms. The van der Waals surface area contributed by atoms with Gasteiger partial charge in [0.15, 0.2) is 0 Å². The number of quaternary nitrogens is 1. The van der Waals surface area contributed by atoms with Gasteiger partial charge in [-0.2, -0.15) is 0 Å². The molecule has 0 bridgehead atoms. The predicted octanol–water partition coefficient (Wildman–Crippen LogP) is 17.3. The topological polar surface area (TPSA) is 114 Å². The van der Waals surface area contributed by atoms with E-state index in [0.29, 0.717) is 17.4 Å². The Morgan fingerprint density at radius 1 is 0.486 bits per heavy atom. The Morgan fingerprint density at radius 2 is 0.829 bits per heavy atom. The Kier molecular flexibility index (Phi) is 49.5. The molecular weight excluding hydrogens is 892 g/mol. The average molecular weight is 1010 g/mol. The van der Waals surface area contributed by atoms with Crippen LogP contribution in [0.25, 0.3) is 0 Å². The summed E-state index contributed by atoms with van der Waals surface area (Å²) in [6.45, 7) is 6.83. The van der Waals surface area contributed by atoms with Crippen molar-refractivity contribution < 1.29 is 37.3 Å². The van der Waals surface area contributed by atoms with E-state index >= 15 is 0 Å². The van der Waals surface area contributed by atoms with Gasteiger partial charge in [0.05, 0.1) is 33.8 Å². The lowest BCUT2D eigenvalue weighted by Gasteiger charge is -2.30.